The van der Waals surface area contributed by atoms with Crippen LogP contribution in [0.1, 0.15) is 27.7 Å². The number of carbonyl (C=O) groups excluding carboxylic acids is 1. The molecule has 2 aromatic heterocycles. The van der Waals surface area contributed by atoms with Crippen LogP contribution in [0, 0.1) is 11.8 Å². The van der Waals surface area contributed by atoms with Crippen molar-refractivity contribution in [2.24, 2.45) is 18.9 Å². The Morgan fingerprint density at radius 3 is 2.50 bits per heavy atom. The number of amides is 1. The van der Waals surface area contributed by atoms with E-state index in [0.29, 0.717) is 28.1 Å². The molecule has 0 fully saturated rings. The van der Waals surface area contributed by atoms with Gasteiger partial charge in [0.25, 0.3) is 5.56 Å². The van der Waals surface area contributed by atoms with Gasteiger partial charge in [-0.05, 0) is 23.3 Å². The Balaban J connectivity index is 2.12. The van der Waals surface area contributed by atoms with E-state index in [2.05, 4.69) is 32.7 Å². The van der Waals surface area contributed by atoms with Gasteiger partial charge >= 0.3 is 0 Å². The van der Waals surface area contributed by atoms with Crippen LogP contribution in [-0.4, -0.2) is 39.2 Å². The maximum Gasteiger partial charge on any atom is 0.262 e. The molecule has 0 aliphatic carbocycles. The topological polar surface area (TPSA) is 55.2 Å². The number of thiophene rings is 1. The van der Waals surface area contributed by atoms with Crippen LogP contribution in [0.3, 0.4) is 0 Å². The molecule has 0 bridgehead atoms. The second-order valence-electron chi connectivity index (χ2n) is 6.77. The molecule has 0 N–H and O–H groups in total. The third-order valence-electron chi connectivity index (χ3n) is 3.51. The molecule has 0 aliphatic heterocycles. The summed E-state index contributed by atoms with van der Waals surface area (Å²) in [6.07, 6.45) is 0. The zero-order valence-electron chi connectivity index (χ0n) is 14.9. The summed E-state index contributed by atoms with van der Waals surface area (Å²) in [7, 11) is 1.71. The summed E-state index contributed by atoms with van der Waals surface area (Å²) in [6, 6.07) is 1.79. The van der Waals surface area contributed by atoms with E-state index in [4.69, 9.17) is 0 Å². The van der Waals surface area contributed by atoms with E-state index in [1.807, 2.05) is 10.3 Å². The molecule has 0 atom stereocenters. The number of fused-ring (bicyclic) bond motifs is 1. The zero-order valence-corrected chi connectivity index (χ0v) is 16.5. The summed E-state index contributed by atoms with van der Waals surface area (Å²) in [5.74, 6) is 1.27. The third kappa shape index (κ3) is 4.60. The average Bonchev–Trinajstić information content (AvgIpc) is 2.96. The van der Waals surface area contributed by atoms with Crippen molar-refractivity contribution in [1.82, 2.24) is 14.5 Å². The number of nitrogens with zero attached hydrogens (tertiary/aromatic N) is 3. The first kappa shape index (κ1) is 19.0. The van der Waals surface area contributed by atoms with Gasteiger partial charge in [0.15, 0.2) is 5.16 Å². The molecule has 24 heavy (non-hydrogen) atoms. The molecule has 5 nitrogen and oxygen atoms in total. The number of thioether (sulfide) groups is 1. The molecule has 1 amide bonds. The van der Waals surface area contributed by atoms with E-state index in [-0.39, 0.29) is 11.5 Å². The highest BCUT2D eigenvalue weighted by molar-refractivity contribution is 7.99. The van der Waals surface area contributed by atoms with Crippen molar-refractivity contribution >= 4 is 39.2 Å². The average molecular weight is 368 g/mol. The van der Waals surface area contributed by atoms with Crippen molar-refractivity contribution < 1.29 is 4.79 Å². The Labute approximate surface area is 151 Å². The highest BCUT2D eigenvalue weighted by atomic mass is 32.2. The van der Waals surface area contributed by atoms with Crippen molar-refractivity contribution in [2.45, 2.75) is 32.9 Å². The molecule has 2 aromatic rings. The molecular weight excluding hydrogens is 342 g/mol. The van der Waals surface area contributed by atoms with E-state index in [1.54, 1.807) is 13.1 Å². The molecule has 7 heteroatoms. The summed E-state index contributed by atoms with van der Waals surface area (Å²) >= 11 is 2.79. The fourth-order valence-electron chi connectivity index (χ4n) is 2.49. The smallest absolute Gasteiger partial charge is 0.262 e. The Bertz CT molecular complexity index is 755. The van der Waals surface area contributed by atoms with E-state index < -0.39 is 0 Å². The lowest BCUT2D eigenvalue weighted by atomic mass is 10.1. The predicted octanol–water partition coefficient (Wildman–Crippen LogP) is 3.23. The maximum atomic E-state index is 12.6. The molecule has 2 heterocycles. The SMILES string of the molecule is CC(C)CN(CC(C)C)C(=O)CSc1nc2sccc2c(=O)n1C. The van der Waals surface area contributed by atoms with Crippen LogP contribution in [-0.2, 0) is 11.8 Å². The first-order valence-corrected chi connectivity index (χ1v) is 10.0. The molecule has 0 saturated heterocycles. The third-order valence-corrected chi connectivity index (χ3v) is 5.33. The van der Waals surface area contributed by atoms with Crippen LogP contribution in [0.4, 0.5) is 0 Å². The first-order chi connectivity index (χ1) is 11.3. The summed E-state index contributed by atoms with van der Waals surface area (Å²) < 4.78 is 1.53. The molecule has 0 unspecified atom stereocenters. The Morgan fingerprint density at radius 2 is 1.92 bits per heavy atom. The van der Waals surface area contributed by atoms with Crippen LogP contribution in [0.15, 0.2) is 21.4 Å². The van der Waals surface area contributed by atoms with Gasteiger partial charge in [-0.15, -0.1) is 11.3 Å². The molecule has 0 spiro atoms. The van der Waals surface area contributed by atoms with Crippen molar-refractivity contribution in [3.63, 3.8) is 0 Å². The second kappa shape index (κ2) is 8.16. The fourth-order valence-corrected chi connectivity index (χ4v) is 4.17. The minimum atomic E-state index is -0.0579. The highest BCUT2D eigenvalue weighted by Gasteiger charge is 2.18. The van der Waals surface area contributed by atoms with Crippen LogP contribution < -0.4 is 5.56 Å². The summed E-state index contributed by atoms with van der Waals surface area (Å²) in [6.45, 7) is 9.97. The van der Waals surface area contributed by atoms with Gasteiger partial charge in [0.1, 0.15) is 4.83 Å². The molecule has 2 rings (SSSR count). The zero-order chi connectivity index (χ0) is 17.9. The maximum absolute atomic E-state index is 12.6. The molecule has 0 aliphatic rings. The molecule has 0 aromatic carbocycles. The normalized spacial score (nSPS) is 11.6. The van der Waals surface area contributed by atoms with Gasteiger partial charge in [-0.1, -0.05) is 39.5 Å². The first-order valence-electron chi connectivity index (χ1n) is 8.14. The van der Waals surface area contributed by atoms with Gasteiger partial charge in [-0.2, -0.15) is 0 Å². The fraction of sp³-hybridized carbons (Fsp3) is 0.588. The lowest BCUT2D eigenvalue weighted by Crippen LogP contribution is -2.38. The van der Waals surface area contributed by atoms with Gasteiger partial charge < -0.3 is 4.90 Å². The van der Waals surface area contributed by atoms with Crippen LogP contribution >= 0.6 is 23.1 Å². The minimum absolute atomic E-state index is 0.0579. The van der Waals surface area contributed by atoms with Crippen molar-refractivity contribution in [3.05, 3.63) is 21.8 Å². The Hall–Kier alpha value is -1.34. The molecule has 132 valence electrons. The quantitative estimate of drug-likeness (QED) is 0.557. The Morgan fingerprint density at radius 1 is 1.29 bits per heavy atom. The lowest BCUT2D eigenvalue weighted by molar-refractivity contribution is -0.129. The van der Waals surface area contributed by atoms with Crippen molar-refractivity contribution in [2.75, 3.05) is 18.8 Å². The lowest BCUT2D eigenvalue weighted by Gasteiger charge is -2.26. The van der Waals surface area contributed by atoms with E-state index >= 15 is 0 Å². The van der Waals surface area contributed by atoms with Crippen molar-refractivity contribution in [1.29, 1.82) is 0 Å². The largest absolute Gasteiger partial charge is 0.341 e. The number of rotatable bonds is 7. The van der Waals surface area contributed by atoms with Gasteiger partial charge in [-0.25, -0.2) is 4.98 Å². The van der Waals surface area contributed by atoms with Gasteiger partial charge in [0, 0.05) is 20.1 Å². The number of carbonyl (C=O) groups is 1. The standard InChI is InChI=1S/C17H25N3O2S2/c1-11(2)8-20(9-12(3)4)14(21)10-24-17-18-15-13(6-7-23-15)16(22)19(17)5/h6-7,11-12H,8-10H2,1-5H3. The van der Waals surface area contributed by atoms with Crippen LogP contribution in [0.5, 0.6) is 0 Å². The molecule has 0 radical (unpaired) electrons. The van der Waals surface area contributed by atoms with E-state index in [0.717, 1.165) is 17.9 Å². The summed E-state index contributed by atoms with van der Waals surface area (Å²) in [5.41, 5.74) is -0.0579. The molecule has 0 saturated carbocycles. The van der Waals surface area contributed by atoms with Gasteiger partial charge in [0.2, 0.25) is 5.91 Å². The van der Waals surface area contributed by atoms with E-state index in [9.17, 15) is 9.59 Å². The number of hydrogen-bond donors (Lipinski definition) is 0. The number of hydrogen-bond acceptors (Lipinski definition) is 5. The van der Waals surface area contributed by atoms with Crippen molar-refractivity contribution in [3.8, 4) is 0 Å². The second-order valence-corrected chi connectivity index (χ2v) is 8.61. The number of aromatic nitrogens is 2. The minimum Gasteiger partial charge on any atom is -0.341 e. The summed E-state index contributed by atoms with van der Waals surface area (Å²) in [4.78, 5) is 32.1. The summed E-state index contributed by atoms with van der Waals surface area (Å²) in [5, 5.41) is 3.10. The van der Waals surface area contributed by atoms with Crippen LogP contribution in [0.25, 0.3) is 10.2 Å². The van der Waals surface area contributed by atoms with E-state index in [1.165, 1.54) is 27.7 Å². The van der Waals surface area contributed by atoms with Gasteiger partial charge in [-0.3, -0.25) is 14.2 Å². The highest BCUT2D eigenvalue weighted by Crippen LogP contribution is 2.21. The monoisotopic (exact) mass is 367 g/mol. The van der Waals surface area contributed by atoms with Crippen LogP contribution in [0.2, 0.25) is 0 Å². The molecular formula is C17H25N3O2S2. The predicted molar refractivity (Wildman–Crippen MR) is 102 cm³/mol. The van der Waals surface area contributed by atoms with Gasteiger partial charge in [0.05, 0.1) is 11.1 Å². The Kier molecular flexibility index (Phi) is 6.46.